The molecule has 0 spiro atoms. The number of hydrogen-bond donors (Lipinski definition) is 0. The second kappa shape index (κ2) is 9.84. The van der Waals surface area contributed by atoms with Gasteiger partial charge in [0.25, 0.3) is 5.91 Å². The molecule has 0 saturated carbocycles. The van der Waals surface area contributed by atoms with Gasteiger partial charge in [0.2, 0.25) is 0 Å². The van der Waals surface area contributed by atoms with Gasteiger partial charge in [-0.1, -0.05) is 0 Å². The summed E-state index contributed by atoms with van der Waals surface area (Å²) < 4.78 is 9.76. The van der Waals surface area contributed by atoms with Crippen molar-refractivity contribution in [1.29, 1.82) is 0 Å². The van der Waals surface area contributed by atoms with Gasteiger partial charge in [-0.15, -0.1) is 0 Å². The van der Waals surface area contributed by atoms with Gasteiger partial charge in [0.1, 0.15) is 5.75 Å². The Morgan fingerprint density at radius 1 is 1.00 bits per heavy atom. The summed E-state index contributed by atoms with van der Waals surface area (Å²) in [5, 5.41) is 0. The maximum Gasteiger partial charge on any atom is 0.307 e. The van der Waals surface area contributed by atoms with Crippen LogP contribution in [-0.2, 0) is 9.53 Å². The van der Waals surface area contributed by atoms with Crippen LogP contribution >= 0.6 is 0 Å². The topological polar surface area (TPSA) is 59.1 Å². The smallest absolute Gasteiger partial charge is 0.307 e. The summed E-state index contributed by atoms with van der Waals surface area (Å²) in [7, 11) is 6.92. The first-order chi connectivity index (χ1) is 11.0. The highest BCUT2D eigenvalue weighted by Crippen LogP contribution is 2.13. The largest absolute Gasteiger partial charge is 0.497 e. The van der Waals surface area contributed by atoms with Crippen molar-refractivity contribution in [3.8, 4) is 5.75 Å². The van der Waals surface area contributed by atoms with Crippen molar-refractivity contribution in [2.75, 3.05) is 47.9 Å². The van der Waals surface area contributed by atoms with Crippen LogP contribution in [0, 0.1) is 0 Å². The molecule has 1 amide bonds. The first-order valence-electron chi connectivity index (χ1n) is 7.62. The molecule has 0 saturated heterocycles. The summed E-state index contributed by atoms with van der Waals surface area (Å²) >= 11 is 0. The summed E-state index contributed by atoms with van der Waals surface area (Å²) in [5.74, 6) is 0.302. The number of amides is 1. The number of rotatable bonds is 9. The molecule has 1 rings (SSSR count). The number of esters is 1. The van der Waals surface area contributed by atoms with Gasteiger partial charge in [-0.2, -0.15) is 0 Å². The van der Waals surface area contributed by atoms with E-state index in [2.05, 4.69) is 9.64 Å². The zero-order chi connectivity index (χ0) is 17.2. The Kier molecular flexibility index (Phi) is 8.11. The van der Waals surface area contributed by atoms with Gasteiger partial charge in [0.05, 0.1) is 20.6 Å². The summed E-state index contributed by atoms with van der Waals surface area (Å²) in [5.41, 5.74) is 0.584. The van der Waals surface area contributed by atoms with Crippen LogP contribution < -0.4 is 4.74 Å². The van der Waals surface area contributed by atoms with Gasteiger partial charge in [0, 0.05) is 18.7 Å². The lowest BCUT2D eigenvalue weighted by atomic mass is 10.1. The second-order valence-electron chi connectivity index (χ2n) is 5.50. The number of hydrogen-bond acceptors (Lipinski definition) is 5. The Morgan fingerprint density at radius 3 is 2.17 bits per heavy atom. The maximum absolute atomic E-state index is 12.6. The molecule has 0 unspecified atom stereocenters. The molecule has 0 aliphatic heterocycles. The van der Waals surface area contributed by atoms with Crippen LogP contribution in [0.25, 0.3) is 0 Å². The van der Waals surface area contributed by atoms with Crippen molar-refractivity contribution in [1.82, 2.24) is 9.80 Å². The molecule has 0 aliphatic carbocycles. The molecule has 0 radical (unpaired) electrons. The Morgan fingerprint density at radius 2 is 1.65 bits per heavy atom. The van der Waals surface area contributed by atoms with Crippen LogP contribution in [0.3, 0.4) is 0 Å². The zero-order valence-electron chi connectivity index (χ0n) is 14.4. The summed E-state index contributed by atoms with van der Waals surface area (Å²) in [4.78, 5) is 27.8. The Bertz CT molecular complexity index is 500. The van der Waals surface area contributed by atoms with Crippen LogP contribution in [0.2, 0.25) is 0 Å². The molecule has 0 heterocycles. The highest BCUT2D eigenvalue weighted by atomic mass is 16.5. The van der Waals surface area contributed by atoms with Crippen molar-refractivity contribution in [2.24, 2.45) is 0 Å². The monoisotopic (exact) mass is 322 g/mol. The zero-order valence-corrected chi connectivity index (χ0v) is 14.4. The van der Waals surface area contributed by atoms with Crippen LogP contribution in [0.4, 0.5) is 0 Å². The average Bonchev–Trinajstić information content (AvgIpc) is 2.56. The Balaban J connectivity index is 2.74. The van der Waals surface area contributed by atoms with E-state index in [4.69, 9.17) is 4.74 Å². The van der Waals surface area contributed by atoms with E-state index in [1.165, 1.54) is 7.11 Å². The third kappa shape index (κ3) is 6.69. The Labute approximate surface area is 138 Å². The van der Waals surface area contributed by atoms with Crippen LogP contribution in [0.15, 0.2) is 24.3 Å². The lowest BCUT2D eigenvalue weighted by Crippen LogP contribution is -2.35. The van der Waals surface area contributed by atoms with E-state index < -0.39 is 0 Å². The molecule has 1 aromatic carbocycles. The summed E-state index contributed by atoms with van der Waals surface area (Å²) in [6.07, 6.45) is 1.04. The number of carbonyl (C=O) groups excluding carboxylic acids is 2. The lowest BCUT2D eigenvalue weighted by molar-refractivity contribution is -0.140. The minimum Gasteiger partial charge on any atom is -0.497 e. The van der Waals surface area contributed by atoms with Crippen molar-refractivity contribution >= 4 is 11.9 Å². The predicted octanol–water partition coefficient (Wildman–Crippen LogP) is 1.65. The van der Waals surface area contributed by atoms with Crippen molar-refractivity contribution in [3.05, 3.63) is 29.8 Å². The SMILES string of the molecule is COC(=O)CCN(CCCN(C)C)C(=O)c1ccc(OC)cc1. The van der Waals surface area contributed by atoms with Gasteiger partial charge in [0.15, 0.2) is 0 Å². The molecule has 23 heavy (non-hydrogen) atoms. The highest BCUT2D eigenvalue weighted by molar-refractivity contribution is 5.94. The van der Waals surface area contributed by atoms with Gasteiger partial charge in [-0.25, -0.2) is 0 Å². The molecular weight excluding hydrogens is 296 g/mol. The third-order valence-electron chi connectivity index (χ3n) is 3.47. The van der Waals surface area contributed by atoms with E-state index in [1.54, 1.807) is 36.3 Å². The van der Waals surface area contributed by atoms with Gasteiger partial charge >= 0.3 is 5.97 Å². The van der Waals surface area contributed by atoms with Gasteiger partial charge in [-0.05, 0) is 51.3 Å². The van der Waals surface area contributed by atoms with Crippen molar-refractivity contribution < 1.29 is 19.1 Å². The predicted molar refractivity (Wildman–Crippen MR) is 88.7 cm³/mol. The van der Waals surface area contributed by atoms with E-state index in [9.17, 15) is 9.59 Å². The molecule has 0 bridgehead atoms. The minimum absolute atomic E-state index is 0.0877. The van der Waals surface area contributed by atoms with Crippen LogP contribution in [0.1, 0.15) is 23.2 Å². The van der Waals surface area contributed by atoms with Crippen molar-refractivity contribution in [2.45, 2.75) is 12.8 Å². The average molecular weight is 322 g/mol. The van der Waals surface area contributed by atoms with Crippen LogP contribution in [-0.4, -0.2) is 69.6 Å². The number of methoxy groups -OCH3 is 2. The molecule has 1 aromatic rings. The number of carbonyl (C=O) groups is 2. The summed E-state index contributed by atoms with van der Waals surface area (Å²) in [6.45, 7) is 1.83. The quantitative estimate of drug-likeness (QED) is 0.647. The second-order valence-corrected chi connectivity index (χ2v) is 5.50. The normalized spacial score (nSPS) is 10.5. The van der Waals surface area contributed by atoms with E-state index in [1.807, 2.05) is 14.1 Å². The fraction of sp³-hybridized carbons (Fsp3) is 0.529. The highest BCUT2D eigenvalue weighted by Gasteiger charge is 2.17. The summed E-state index contributed by atoms with van der Waals surface area (Å²) in [6, 6.07) is 6.98. The molecule has 6 heteroatoms. The van der Waals surface area contributed by atoms with Gasteiger partial charge < -0.3 is 19.3 Å². The molecule has 6 nitrogen and oxygen atoms in total. The molecule has 0 fully saturated rings. The van der Waals surface area contributed by atoms with Crippen molar-refractivity contribution in [3.63, 3.8) is 0 Å². The molecule has 0 aliphatic rings. The fourth-order valence-corrected chi connectivity index (χ4v) is 2.14. The molecule has 128 valence electrons. The van der Waals surface area contributed by atoms with E-state index in [0.29, 0.717) is 24.4 Å². The maximum atomic E-state index is 12.6. The first kappa shape index (κ1) is 19.0. The van der Waals surface area contributed by atoms with Crippen LogP contribution in [0.5, 0.6) is 5.75 Å². The fourth-order valence-electron chi connectivity index (χ4n) is 2.14. The van der Waals surface area contributed by atoms with E-state index in [-0.39, 0.29) is 18.3 Å². The Hall–Kier alpha value is -2.08. The number of benzene rings is 1. The molecule has 0 atom stereocenters. The van der Waals surface area contributed by atoms with E-state index >= 15 is 0 Å². The van der Waals surface area contributed by atoms with Gasteiger partial charge in [-0.3, -0.25) is 9.59 Å². The number of ether oxygens (including phenoxy) is 2. The first-order valence-corrected chi connectivity index (χ1v) is 7.62. The lowest BCUT2D eigenvalue weighted by Gasteiger charge is -2.23. The molecular formula is C17H26N2O4. The standard InChI is InChI=1S/C17H26N2O4/c1-18(2)11-5-12-19(13-10-16(20)23-4)17(21)14-6-8-15(22-3)9-7-14/h6-9H,5,10-13H2,1-4H3. The molecule has 0 N–H and O–H groups in total. The number of nitrogens with zero attached hydrogens (tertiary/aromatic N) is 2. The minimum atomic E-state index is -0.315. The third-order valence-corrected chi connectivity index (χ3v) is 3.47. The molecule has 0 aromatic heterocycles. The van der Waals surface area contributed by atoms with E-state index in [0.717, 1.165) is 13.0 Å².